The first kappa shape index (κ1) is 59.4. The predicted octanol–water partition coefficient (Wildman–Crippen LogP) is 14.6. The fourth-order valence-electron chi connectivity index (χ4n) is 8.83. The van der Waals surface area contributed by atoms with Crippen LogP contribution in [0.2, 0.25) is 0 Å². The highest BCUT2D eigenvalue weighted by Crippen LogP contribution is 2.20. The molecule has 0 N–H and O–H groups in total. The standard InChI is InChI=1S/C54H108N4O3/c1-9-17-23-27-31-35-41-56(42-36-32-28-24-18-10-2)52(59)47-55(48-53(60)57(43-37-33-29-25-19-11-3)44-38-34-30-26-20-12-4)49-54(61)58(45-50(15-7)39-21-13-5)46-51(16-8)40-22-14-6/h50-51H,9-49H2,1-8H3. The number of carbonyl (C=O) groups is 3. The van der Waals surface area contributed by atoms with Crippen LogP contribution in [0.4, 0.5) is 0 Å². The van der Waals surface area contributed by atoms with E-state index in [0.29, 0.717) is 11.8 Å². The van der Waals surface area contributed by atoms with E-state index >= 15 is 0 Å². The molecule has 0 spiro atoms. The Balaban J connectivity index is 6.55. The van der Waals surface area contributed by atoms with Gasteiger partial charge in [-0.2, -0.15) is 0 Å². The molecule has 0 aromatic carbocycles. The molecule has 0 aliphatic rings. The van der Waals surface area contributed by atoms with Crippen LogP contribution in [0.25, 0.3) is 0 Å². The lowest BCUT2D eigenvalue weighted by atomic mass is 9.95. The minimum absolute atomic E-state index is 0.0939. The zero-order valence-corrected chi connectivity index (χ0v) is 42.7. The Bertz CT molecular complexity index is 891. The molecule has 0 aliphatic carbocycles. The quantitative estimate of drug-likeness (QED) is 0.0572. The van der Waals surface area contributed by atoms with Crippen LogP contribution in [0, 0.1) is 11.8 Å². The molecule has 0 aliphatic heterocycles. The normalized spacial score (nSPS) is 12.5. The summed E-state index contributed by atoms with van der Waals surface area (Å²) in [6, 6.07) is 0. The number of hydrogen-bond donors (Lipinski definition) is 0. The number of nitrogens with zero attached hydrogens (tertiary/aromatic N) is 4. The van der Waals surface area contributed by atoms with Gasteiger partial charge in [-0.05, 0) is 50.4 Å². The molecule has 2 atom stereocenters. The molecule has 362 valence electrons. The third-order valence-corrected chi connectivity index (χ3v) is 13.3. The van der Waals surface area contributed by atoms with Gasteiger partial charge in [-0.1, -0.05) is 222 Å². The second kappa shape index (κ2) is 43.6. The summed E-state index contributed by atoms with van der Waals surface area (Å²) in [5.41, 5.74) is 0. The zero-order valence-electron chi connectivity index (χ0n) is 42.7. The van der Waals surface area contributed by atoms with Gasteiger partial charge in [-0.15, -0.1) is 0 Å². The lowest BCUT2D eigenvalue weighted by molar-refractivity contribution is -0.139. The molecule has 7 heteroatoms. The van der Waals surface area contributed by atoms with E-state index in [1.165, 1.54) is 128 Å². The van der Waals surface area contributed by atoms with Gasteiger partial charge in [-0.25, -0.2) is 0 Å². The SMILES string of the molecule is CCCCCCCCN(CCCCCCCC)C(=O)CN(CC(=O)N(CCCCCCCC)CCCCCCCC)CC(=O)N(CC(CC)CCCC)CC(CC)CCCC. The van der Waals surface area contributed by atoms with Crippen molar-refractivity contribution in [2.75, 3.05) is 58.9 Å². The van der Waals surface area contributed by atoms with Crippen molar-refractivity contribution in [1.82, 2.24) is 19.6 Å². The van der Waals surface area contributed by atoms with E-state index in [0.717, 1.165) is 116 Å². The van der Waals surface area contributed by atoms with E-state index in [-0.39, 0.29) is 37.4 Å². The Kier molecular flexibility index (Phi) is 42.4. The molecule has 61 heavy (non-hydrogen) atoms. The van der Waals surface area contributed by atoms with Crippen molar-refractivity contribution >= 4 is 17.7 Å². The highest BCUT2D eigenvalue weighted by Gasteiger charge is 2.28. The molecular formula is C54H108N4O3. The first-order valence-electron chi connectivity index (χ1n) is 27.3. The summed E-state index contributed by atoms with van der Waals surface area (Å²) in [5.74, 6) is 1.23. The minimum atomic E-state index is 0.0939. The van der Waals surface area contributed by atoms with Gasteiger partial charge >= 0.3 is 0 Å². The molecule has 7 nitrogen and oxygen atoms in total. The van der Waals surface area contributed by atoms with Gasteiger partial charge in [0.1, 0.15) is 0 Å². The molecule has 0 aromatic heterocycles. The van der Waals surface area contributed by atoms with Crippen molar-refractivity contribution in [1.29, 1.82) is 0 Å². The average Bonchev–Trinajstić information content (AvgIpc) is 3.26. The maximum absolute atomic E-state index is 14.7. The van der Waals surface area contributed by atoms with Gasteiger partial charge < -0.3 is 14.7 Å². The first-order valence-corrected chi connectivity index (χ1v) is 27.3. The van der Waals surface area contributed by atoms with Crippen molar-refractivity contribution in [3.05, 3.63) is 0 Å². The highest BCUT2D eigenvalue weighted by molar-refractivity contribution is 5.84. The second-order valence-electron chi connectivity index (χ2n) is 19.1. The summed E-state index contributed by atoms with van der Waals surface area (Å²) >= 11 is 0. The Morgan fingerprint density at radius 2 is 0.557 bits per heavy atom. The Morgan fingerprint density at radius 1 is 0.311 bits per heavy atom. The molecule has 3 amide bonds. The molecule has 0 saturated carbocycles. The molecular weight excluding hydrogens is 753 g/mol. The Morgan fingerprint density at radius 3 is 0.820 bits per heavy atom. The van der Waals surface area contributed by atoms with Crippen LogP contribution >= 0.6 is 0 Å². The molecule has 0 fully saturated rings. The fraction of sp³-hybridized carbons (Fsp3) is 0.944. The summed E-state index contributed by atoms with van der Waals surface area (Å²) in [6.07, 6.45) is 37.8. The number of amides is 3. The highest BCUT2D eigenvalue weighted by atomic mass is 16.2. The average molecular weight is 861 g/mol. The number of hydrogen-bond acceptors (Lipinski definition) is 4. The van der Waals surface area contributed by atoms with E-state index in [1.54, 1.807) is 0 Å². The topological polar surface area (TPSA) is 64.2 Å². The minimum Gasteiger partial charge on any atom is -0.342 e. The zero-order chi connectivity index (χ0) is 45.2. The molecule has 0 heterocycles. The maximum atomic E-state index is 14.7. The third-order valence-electron chi connectivity index (χ3n) is 13.3. The smallest absolute Gasteiger partial charge is 0.236 e. The lowest BCUT2D eigenvalue weighted by Gasteiger charge is -2.34. The van der Waals surface area contributed by atoms with Gasteiger partial charge in [0, 0.05) is 39.3 Å². The van der Waals surface area contributed by atoms with Gasteiger partial charge in [0.15, 0.2) is 0 Å². The Labute approximate surface area is 382 Å². The molecule has 0 rings (SSSR count). The summed E-state index contributed by atoms with van der Waals surface area (Å²) in [5, 5.41) is 0. The van der Waals surface area contributed by atoms with Crippen LogP contribution in [-0.4, -0.2) is 96.2 Å². The van der Waals surface area contributed by atoms with Crippen LogP contribution in [0.1, 0.15) is 261 Å². The summed E-state index contributed by atoms with van der Waals surface area (Å²) in [4.78, 5) is 52.0. The molecule has 0 radical (unpaired) electrons. The summed E-state index contributed by atoms with van der Waals surface area (Å²) in [6.45, 7) is 23.1. The van der Waals surface area contributed by atoms with Crippen LogP contribution in [0.3, 0.4) is 0 Å². The van der Waals surface area contributed by atoms with Crippen molar-refractivity contribution in [3.8, 4) is 0 Å². The Hall–Kier alpha value is -1.63. The van der Waals surface area contributed by atoms with Gasteiger partial charge in [-0.3, -0.25) is 19.3 Å². The van der Waals surface area contributed by atoms with Crippen molar-refractivity contribution in [3.63, 3.8) is 0 Å². The predicted molar refractivity (Wildman–Crippen MR) is 266 cm³/mol. The molecule has 0 saturated heterocycles. The van der Waals surface area contributed by atoms with Crippen LogP contribution in [-0.2, 0) is 14.4 Å². The van der Waals surface area contributed by atoms with E-state index < -0.39 is 0 Å². The van der Waals surface area contributed by atoms with E-state index in [2.05, 4.69) is 70.1 Å². The van der Waals surface area contributed by atoms with Crippen molar-refractivity contribution in [2.24, 2.45) is 11.8 Å². The summed E-state index contributed by atoms with van der Waals surface area (Å²) < 4.78 is 0. The molecule has 0 aromatic rings. The lowest BCUT2D eigenvalue weighted by Crippen LogP contribution is -2.50. The first-order chi connectivity index (χ1) is 29.7. The molecule has 0 bridgehead atoms. The maximum Gasteiger partial charge on any atom is 0.236 e. The van der Waals surface area contributed by atoms with E-state index in [1.807, 2.05) is 4.90 Å². The second-order valence-corrected chi connectivity index (χ2v) is 19.1. The van der Waals surface area contributed by atoms with E-state index in [9.17, 15) is 14.4 Å². The number of rotatable bonds is 46. The fourth-order valence-corrected chi connectivity index (χ4v) is 8.83. The van der Waals surface area contributed by atoms with Crippen LogP contribution in [0.5, 0.6) is 0 Å². The number of carbonyl (C=O) groups excluding carboxylic acids is 3. The molecule has 2 unspecified atom stereocenters. The van der Waals surface area contributed by atoms with Gasteiger partial charge in [0.05, 0.1) is 19.6 Å². The van der Waals surface area contributed by atoms with E-state index in [4.69, 9.17) is 0 Å². The third kappa shape index (κ3) is 33.5. The van der Waals surface area contributed by atoms with Gasteiger partial charge in [0.25, 0.3) is 0 Å². The monoisotopic (exact) mass is 861 g/mol. The summed E-state index contributed by atoms with van der Waals surface area (Å²) in [7, 11) is 0. The van der Waals surface area contributed by atoms with Gasteiger partial charge in [0.2, 0.25) is 17.7 Å². The van der Waals surface area contributed by atoms with Crippen LogP contribution in [0.15, 0.2) is 0 Å². The largest absolute Gasteiger partial charge is 0.342 e. The number of unbranched alkanes of at least 4 members (excludes halogenated alkanes) is 22. The van der Waals surface area contributed by atoms with Crippen molar-refractivity contribution in [2.45, 2.75) is 261 Å². The van der Waals surface area contributed by atoms with Crippen LogP contribution < -0.4 is 0 Å². The van der Waals surface area contributed by atoms with Crippen molar-refractivity contribution < 1.29 is 14.4 Å².